The van der Waals surface area contributed by atoms with Crippen LogP contribution in [0.2, 0.25) is 0 Å². The van der Waals surface area contributed by atoms with E-state index in [1.165, 1.54) is 38.6 Å². The van der Waals surface area contributed by atoms with E-state index in [0.717, 1.165) is 37.4 Å². The van der Waals surface area contributed by atoms with E-state index in [1.54, 1.807) is 12.4 Å². The Morgan fingerprint density at radius 3 is 2.62 bits per heavy atom. The molecule has 4 nitrogen and oxygen atoms in total. The number of likely N-dealkylation sites (tertiary alicyclic amines) is 1. The molecule has 1 aliphatic rings. The molecule has 162 valence electrons. The zero-order valence-corrected chi connectivity index (χ0v) is 19.5. The highest BCUT2D eigenvalue weighted by atomic mass is 32.1. The number of thiophene rings is 1. The maximum atomic E-state index is 5.17. The molecule has 0 radical (unpaired) electrons. The number of rotatable bonds is 5. The van der Waals surface area contributed by atoms with Crippen molar-refractivity contribution in [2.75, 3.05) is 13.1 Å². The van der Waals surface area contributed by atoms with Crippen molar-refractivity contribution in [1.29, 1.82) is 0 Å². The maximum absolute atomic E-state index is 5.17. The summed E-state index contributed by atoms with van der Waals surface area (Å²) in [6, 6.07) is 17.0. The average Bonchev–Trinajstić information content (AvgIpc) is 3.24. The summed E-state index contributed by atoms with van der Waals surface area (Å²) in [4.78, 5) is 19.5. The highest BCUT2D eigenvalue weighted by Gasteiger charge is 2.26. The molecule has 4 heterocycles. The molecule has 0 aliphatic carbocycles. The molecule has 1 fully saturated rings. The molecular formula is C27H28N4S. The molecule has 5 rings (SSSR count). The molecule has 0 amide bonds. The molecule has 0 bridgehead atoms. The first-order chi connectivity index (χ1) is 15.7. The van der Waals surface area contributed by atoms with Crippen LogP contribution in [0.5, 0.6) is 0 Å². The number of pyridine rings is 1. The molecule has 0 unspecified atom stereocenters. The molecule has 1 saturated heterocycles. The second-order valence-corrected chi connectivity index (χ2v) is 10.0. The smallest absolute Gasteiger partial charge is 0.159 e. The molecule has 5 heteroatoms. The monoisotopic (exact) mass is 440 g/mol. The molecule has 1 atom stereocenters. The van der Waals surface area contributed by atoms with Gasteiger partial charge in [-0.15, -0.1) is 11.3 Å². The van der Waals surface area contributed by atoms with Crippen LogP contribution >= 0.6 is 11.3 Å². The lowest BCUT2D eigenvalue weighted by Gasteiger charge is -2.33. The average molecular weight is 441 g/mol. The van der Waals surface area contributed by atoms with E-state index in [1.807, 2.05) is 29.7 Å². The quantitative estimate of drug-likeness (QED) is 0.367. The summed E-state index contributed by atoms with van der Waals surface area (Å²) >= 11 is 1.91. The second-order valence-electron chi connectivity index (χ2n) is 8.63. The zero-order chi connectivity index (χ0) is 21.9. The highest BCUT2D eigenvalue weighted by molar-refractivity contribution is 7.11. The summed E-state index contributed by atoms with van der Waals surface area (Å²) in [5.41, 5.74) is 5.85. The van der Waals surface area contributed by atoms with Crippen LogP contribution in [0.15, 0.2) is 67.1 Å². The van der Waals surface area contributed by atoms with Crippen LogP contribution in [-0.2, 0) is 6.54 Å². The number of aryl methyl sites for hydroxylation is 2. The van der Waals surface area contributed by atoms with Gasteiger partial charge in [0, 0.05) is 58.5 Å². The van der Waals surface area contributed by atoms with E-state index in [9.17, 15) is 0 Å². The van der Waals surface area contributed by atoms with Crippen molar-refractivity contribution in [2.45, 2.75) is 39.2 Å². The first-order valence-corrected chi connectivity index (χ1v) is 12.1. The summed E-state index contributed by atoms with van der Waals surface area (Å²) < 4.78 is 0. The summed E-state index contributed by atoms with van der Waals surface area (Å²) in [5, 5.41) is 0. The molecule has 1 aliphatic heterocycles. The zero-order valence-electron chi connectivity index (χ0n) is 18.7. The molecule has 0 saturated carbocycles. The molecule has 4 aromatic rings. The number of aromatic nitrogens is 3. The van der Waals surface area contributed by atoms with E-state index < -0.39 is 0 Å². The van der Waals surface area contributed by atoms with Gasteiger partial charge in [-0.1, -0.05) is 24.3 Å². The van der Waals surface area contributed by atoms with Crippen molar-refractivity contribution in [3.63, 3.8) is 0 Å². The van der Waals surface area contributed by atoms with Gasteiger partial charge in [0.05, 0.1) is 5.69 Å². The predicted molar refractivity (Wildman–Crippen MR) is 132 cm³/mol. The van der Waals surface area contributed by atoms with Gasteiger partial charge in [0.1, 0.15) is 0 Å². The number of hydrogen-bond acceptors (Lipinski definition) is 5. The Labute approximate surface area is 194 Å². The number of benzene rings is 1. The van der Waals surface area contributed by atoms with Gasteiger partial charge in [-0.25, -0.2) is 9.97 Å². The third kappa shape index (κ3) is 4.50. The summed E-state index contributed by atoms with van der Waals surface area (Å²) in [7, 11) is 0. The van der Waals surface area contributed by atoms with Crippen molar-refractivity contribution in [2.24, 2.45) is 0 Å². The van der Waals surface area contributed by atoms with E-state index in [-0.39, 0.29) is 0 Å². The minimum absolute atomic E-state index is 0.392. The molecule has 1 aromatic carbocycles. The van der Waals surface area contributed by atoms with Crippen LogP contribution in [0, 0.1) is 13.8 Å². The van der Waals surface area contributed by atoms with Crippen molar-refractivity contribution >= 4 is 11.3 Å². The van der Waals surface area contributed by atoms with Crippen LogP contribution in [0.1, 0.15) is 39.8 Å². The Morgan fingerprint density at radius 1 is 1.00 bits per heavy atom. The van der Waals surface area contributed by atoms with Crippen LogP contribution in [0.4, 0.5) is 0 Å². The summed E-state index contributed by atoms with van der Waals surface area (Å²) in [5.74, 6) is 1.17. The lowest BCUT2D eigenvalue weighted by Crippen LogP contribution is -2.34. The normalized spacial score (nSPS) is 16.9. The van der Waals surface area contributed by atoms with Gasteiger partial charge >= 0.3 is 0 Å². The minimum Gasteiger partial charge on any atom is -0.298 e. The third-order valence-electron chi connectivity index (χ3n) is 6.26. The summed E-state index contributed by atoms with van der Waals surface area (Å²) in [6.07, 6.45) is 7.99. The van der Waals surface area contributed by atoms with Gasteiger partial charge in [0.15, 0.2) is 5.82 Å². The topological polar surface area (TPSA) is 41.9 Å². The van der Waals surface area contributed by atoms with Crippen LogP contribution < -0.4 is 0 Å². The van der Waals surface area contributed by atoms with Gasteiger partial charge in [0.2, 0.25) is 0 Å². The molecule has 32 heavy (non-hydrogen) atoms. The van der Waals surface area contributed by atoms with Crippen LogP contribution in [0.25, 0.3) is 22.5 Å². The van der Waals surface area contributed by atoms with Gasteiger partial charge in [-0.3, -0.25) is 9.88 Å². The Balaban J connectivity index is 1.52. The largest absolute Gasteiger partial charge is 0.298 e. The van der Waals surface area contributed by atoms with Gasteiger partial charge < -0.3 is 0 Å². The molecular weight excluding hydrogens is 412 g/mol. The third-order valence-corrected chi connectivity index (χ3v) is 7.25. The number of nitrogens with zero attached hydrogens (tertiary/aromatic N) is 4. The highest BCUT2D eigenvalue weighted by Crippen LogP contribution is 2.36. The van der Waals surface area contributed by atoms with E-state index >= 15 is 0 Å². The SMILES string of the molecule is Cc1ccc(CN2CCC[C@H](c3nc(-c4ccncc4)ncc3-c3ccccc3C)C2)s1. The van der Waals surface area contributed by atoms with Crippen LogP contribution in [-0.4, -0.2) is 32.9 Å². The Bertz CT molecular complexity index is 1200. The van der Waals surface area contributed by atoms with Crippen LogP contribution in [0.3, 0.4) is 0 Å². The number of hydrogen-bond donors (Lipinski definition) is 0. The summed E-state index contributed by atoms with van der Waals surface area (Å²) in [6.45, 7) is 7.56. The number of piperidine rings is 1. The van der Waals surface area contributed by atoms with Gasteiger partial charge in [0.25, 0.3) is 0 Å². The first-order valence-electron chi connectivity index (χ1n) is 11.3. The fraction of sp³-hybridized carbons (Fsp3) is 0.296. The first kappa shape index (κ1) is 21.0. The van der Waals surface area contributed by atoms with E-state index in [4.69, 9.17) is 9.97 Å². The second kappa shape index (κ2) is 9.31. The predicted octanol–water partition coefficient (Wildman–Crippen LogP) is 6.26. The minimum atomic E-state index is 0.392. The maximum Gasteiger partial charge on any atom is 0.159 e. The van der Waals surface area contributed by atoms with Gasteiger partial charge in [-0.2, -0.15) is 0 Å². The Hall–Kier alpha value is -2.89. The van der Waals surface area contributed by atoms with Gasteiger partial charge in [-0.05, 0) is 68.6 Å². The Kier molecular flexibility index (Phi) is 6.10. The lowest BCUT2D eigenvalue weighted by molar-refractivity contribution is 0.200. The lowest BCUT2D eigenvalue weighted by atomic mass is 9.88. The standard InChI is InChI=1S/C27H28N4S/c1-19-6-3-4-8-24(19)25-16-29-27(21-11-13-28-14-12-21)30-26(25)22-7-5-15-31(17-22)18-23-10-9-20(2)32-23/h3-4,6,8-14,16,22H,5,7,15,17-18H2,1-2H3/t22-/m0/s1. The molecule has 3 aromatic heterocycles. The van der Waals surface area contributed by atoms with E-state index in [0.29, 0.717) is 5.92 Å². The van der Waals surface area contributed by atoms with Crippen molar-refractivity contribution in [3.8, 4) is 22.5 Å². The van der Waals surface area contributed by atoms with Crippen molar-refractivity contribution in [3.05, 3.63) is 88.1 Å². The fourth-order valence-electron chi connectivity index (χ4n) is 4.64. The molecule has 0 spiro atoms. The fourth-order valence-corrected chi connectivity index (χ4v) is 5.57. The Morgan fingerprint density at radius 2 is 1.84 bits per heavy atom. The van der Waals surface area contributed by atoms with Crippen molar-refractivity contribution < 1.29 is 0 Å². The van der Waals surface area contributed by atoms with Crippen molar-refractivity contribution in [1.82, 2.24) is 19.9 Å². The van der Waals surface area contributed by atoms with E-state index in [2.05, 4.69) is 60.1 Å². The molecule has 0 N–H and O–H groups in total.